The quantitative estimate of drug-likeness (QED) is 0.485. The smallest absolute Gasteiger partial charge is 0.178 e. The molecule has 2 aromatic rings. The molecule has 0 saturated heterocycles. The Morgan fingerprint density at radius 3 is 2.53 bits per heavy atom. The van der Waals surface area contributed by atoms with Crippen molar-refractivity contribution in [3.05, 3.63) is 65.2 Å². The lowest BCUT2D eigenvalue weighted by atomic mass is 10.0. The maximum atomic E-state index is 5.94. The minimum absolute atomic E-state index is 0.0675. The van der Waals surface area contributed by atoms with Crippen molar-refractivity contribution < 1.29 is 0 Å². The number of rotatable bonds is 2. The molecule has 0 heterocycles. The maximum Gasteiger partial charge on any atom is 0.178 e. The zero-order chi connectivity index (χ0) is 13.7. The summed E-state index contributed by atoms with van der Waals surface area (Å²) in [4.78, 5) is 0. The van der Waals surface area contributed by atoms with Crippen molar-refractivity contribution in [2.24, 2.45) is 0 Å². The van der Waals surface area contributed by atoms with Crippen LogP contribution in [0.5, 0.6) is 0 Å². The van der Waals surface area contributed by atoms with Gasteiger partial charge in [-0.2, -0.15) is 0 Å². The summed E-state index contributed by atoms with van der Waals surface area (Å²) in [7, 11) is 5.44. The molecule has 2 nitrogen and oxygen atoms in total. The van der Waals surface area contributed by atoms with E-state index in [-0.39, 0.29) is 6.04 Å². The van der Waals surface area contributed by atoms with Gasteiger partial charge in [-0.3, -0.25) is 0 Å². The van der Waals surface area contributed by atoms with E-state index < -0.39 is 0 Å². The summed E-state index contributed by atoms with van der Waals surface area (Å²) >= 11 is 0. The van der Waals surface area contributed by atoms with Crippen LogP contribution in [-0.2, 0) is 0 Å². The second-order valence-electron chi connectivity index (χ2n) is 4.35. The first kappa shape index (κ1) is 13.3. The molecule has 3 heteroatoms. The van der Waals surface area contributed by atoms with Crippen LogP contribution in [-0.4, -0.2) is 7.98 Å². The number of nitrogens with two attached hydrogens (primary N) is 1. The number of hydrogen-bond acceptors (Lipinski definition) is 2. The molecule has 3 N–H and O–H groups in total. The summed E-state index contributed by atoms with van der Waals surface area (Å²) < 4.78 is 0. The summed E-state index contributed by atoms with van der Waals surface area (Å²) in [6.45, 7) is 1.99. The van der Waals surface area contributed by atoms with Crippen LogP contribution < -0.4 is 11.0 Å². The van der Waals surface area contributed by atoms with E-state index in [4.69, 9.17) is 13.7 Å². The molecule has 2 radical (unpaired) electrons. The summed E-state index contributed by atoms with van der Waals surface area (Å²) in [5.41, 5.74) is 9.47. The van der Waals surface area contributed by atoms with Crippen LogP contribution in [0.2, 0.25) is 0 Å². The topological polar surface area (TPSA) is 38.0 Å². The Kier molecular flexibility index (Phi) is 4.28. The molecule has 0 aliphatic rings. The van der Waals surface area contributed by atoms with Gasteiger partial charge in [0.2, 0.25) is 0 Å². The Balaban J connectivity index is 2.32. The van der Waals surface area contributed by atoms with Crippen LogP contribution in [0.1, 0.15) is 29.7 Å². The number of nitrogen functional groups attached to an aromatic ring is 1. The molecule has 0 aliphatic carbocycles. The lowest BCUT2D eigenvalue weighted by Crippen LogP contribution is -2.14. The Morgan fingerprint density at radius 2 is 1.84 bits per heavy atom. The molecular weight excluding hydrogens is 231 g/mol. The Morgan fingerprint density at radius 1 is 1.11 bits per heavy atom. The van der Waals surface area contributed by atoms with Crippen LogP contribution >= 0.6 is 0 Å². The van der Waals surface area contributed by atoms with Gasteiger partial charge < -0.3 is 11.0 Å². The SMILES string of the molecule is [B]N[C@H](C)c1ccc(N)c(C#Cc2ccccc2)c1. The van der Waals surface area contributed by atoms with Crippen molar-refractivity contribution in [3.8, 4) is 11.8 Å². The second-order valence-corrected chi connectivity index (χ2v) is 4.35. The highest BCUT2D eigenvalue weighted by molar-refractivity contribution is 6.04. The number of anilines is 1. The van der Waals surface area contributed by atoms with Crippen molar-refractivity contribution in [3.63, 3.8) is 0 Å². The lowest BCUT2D eigenvalue weighted by Gasteiger charge is -2.12. The van der Waals surface area contributed by atoms with Crippen molar-refractivity contribution in [2.45, 2.75) is 13.0 Å². The zero-order valence-electron chi connectivity index (χ0n) is 10.9. The van der Waals surface area contributed by atoms with E-state index in [1.807, 2.05) is 55.5 Å². The molecule has 0 fully saturated rings. The lowest BCUT2D eigenvalue weighted by molar-refractivity contribution is 0.744. The van der Waals surface area contributed by atoms with Crippen LogP contribution in [0, 0.1) is 11.8 Å². The summed E-state index contributed by atoms with van der Waals surface area (Å²) in [6, 6.07) is 15.7. The van der Waals surface area contributed by atoms with Gasteiger partial charge >= 0.3 is 0 Å². The molecule has 0 aliphatic heterocycles. The third-order valence-corrected chi connectivity index (χ3v) is 2.94. The summed E-state index contributed by atoms with van der Waals surface area (Å²) in [5.74, 6) is 6.21. The third kappa shape index (κ3) is 3.40. The van der Waals surface area contributed by atoms with Crippen molar-refractivity contribution in [2.75, 3.05) is 5.73 Å². The van der Waals surface area contributed by atoms with E-state index in [9.17, 15) is 0 Å². The number of benzene rings is 2. The fourth-order valence-corrected chi connectivity index (χ4v) is 1.71. The zero-order valence-corrected chi connectivity index (χ0v) is 10.9. The first-order valence-electron chi connectivity index (χ1n) is 6.13. The number of nitrogens with one attached hydrogen (secondary N) is 1. The van der Waals surface area contributed by atoms with Crippen LogP contribution in [0.25, 0.3) is 0 Å². The van der Waals surface area contributed by atoms with E-state index in [1.54, 1.807) is 0 Å². The molecule has 0 amide bonds. The molecule has 0 spiro atoms. The molecule has 2 aromatic carbocycles. The third-order valence-electron chi connectivity index (χ3n) is 2.94. The van der Waals surface area contributed by atoms with Gasteiger partial charge in [-0.1, -0.05) is 36.1 Å². The molecule has 0 aromatic heterocycles. The van der Waals surface area contributed by atoms with E-state index >= 15 is 0 Å². The van der Waals surface area contributed by atoms with Gasteiger partial charge in [0.15, 0.2) is 7.98 Å². The number of hydrogen-bond donors (Lipinski definition) is 2. The highest BCUT2D eigenvalue weighted by Crippen LogP contribution is 2.18. The molecule has 92 valence electrons. The van der Waals surface area contributed by atoms with E-state index in [1.165, 1.54) is 0 Å². The van der Waals surface area contributed by atoms with E-state index in [2.05, 4.69) is 17.1 Å². The second kappa shape index (κ2) is 6.13. The van der Waals surface area contributed by atoms with Gasteiger partial charge in [-0.25, -0.2) is 0 Å². The largest absolute Gasteiger partial charge is 0.398 e. The average Bonchev–Trinajstić information content (AvgIpc) is 2.46. The van der Waals surface area contributed by atoms with Gasteiger partial charge in [0.25, 0.3) is 0 Å². The van der Waals surface area contributed by atoms with Crippen molar-refractivity contribution in [1.82, 2.24) is 5.23 Å². The summed E-state index contributed by atoms with van der Waals surface area (Å²) in [6.07, 6.45) is 0. The van der Waals surface area contributed by atoms with Gasteiger partial charge in [0.1, 0.15) is 0 Å². The highest BCUT2D eigenvalue weighted by Gasteiger charge is 2.04. The first-order chi connectivity index (χ1) is 9.20. The highest BCUT2D eigenvalue weighted by atomic mass is 14.8. The van der Waals surface area contributed by atoms with Crippen molar-refractivity contribution in [1.29, 1.82) is 0 Å². The predicted octanol–water partition coefficient (Wildman–Crippen LogP) is 2.40. The Labute approximate surface area is 115 Å². The Bertz CT molecular complexity index is 612. The minimum atomic E-state index is 0.0675. The minimum Gasteiger partial charge on any atom is -0.398 e. The van der Waals surface area contributed by atoms with Gasteiger partial charge in [-0.05, 0) is 36.8 Å². The van der Waals surface area contributed by atoms with E-state index in [0.717, 1.165) is 16.7 Å². The molecule has 1 atom stereocenters. The van der Waals surface area contributed by atoms with Gasteiger partial charge in [0.05, 0.1) is 0 Å². The molecule has 0 saturated carbocycles. The normalized spacial score (nSPS) is 11.4. The van der Waals surface area contributed by atoms with Crippen molar-refractivity contribution >= 4 is 13.7 Å². The maximum absolute atomic E-state index is 5.94. The standard InChI is InChI=1S/C16H15BN2/c1-12(19-17)14-9-10-16(18)15(11-14)8-7-13-5-3-2-4-6-13/h2-6,9-12,19H,18H2,1H3/t12-/m1/s1. The van der Waals surface area contributed by atoms with Gasteiger partial charge in [-0.15, -0.1) is 0 Å². The van der Waals surface area contributed by atoms with Crippen LogP contribution in [0.3, 0.4) is 0 Å². The van der Waals surface area contributed by atoms with Gasteiger partial charge in [0, 0.05) is 22.9 Å². The predicted molar refractivity (Wildman–Crippen MR) is 80.6 cm³/mol. The Hall–Kier alpha value is -2.18. The fourth-order valence-electron chi connectivity index (χ4n) is 1.71. The molecule has 0 bridgehead atoms. The summed E-state index contributed by atoms with van der Waals surface area (Å²) in [5, 5.41) is 2.71. The van der Waals surface area contributed by atoms with Crippen LogP contribution in [0.15, 0.2) is 48.5 Å². The fraction of sp³-hybridized carbons (Fsp3) is 0.125. The van der Waals surface area contributed by atoms with E-state index in [0.29, 0.717) is 5.69 Å². The molecule has 0 unspecified atom stereocenters. The first-order valence-corrected chi connectivity index (χ1v) is 6.13. The molecule has 19 heavy (non-hydrogen) atoms. The average molecular weight is 246 g/mol. The monoisotopic (exact) mass is 246 g/mol. The molecular formula is C16H15BN2. The molecule has 2 rings (SSSR count). The van der Waals surface area contributed by atoms with Crippen LogP contribution in [0.4, 0.5) is 5.69 Å².